The second kappa shape index (κ2) is 13.2. The molecule has 0 spiro atoms. The zero-order valence-corrected chi connectivity index (χ0v) is 14.4. The monoisotopic (exact) mass is 336 g/mol. The number of esters is 2. The van der Waals surface area contributed by atoms with Crippen LogP contribution in [0.2, 0.25) is 0 Å². The lowest BCUT2D eigenvalue weighted by atomic mass is 10.2. The number of methoxy groups -OCH3 is 1. The van der Waals surface area contributed by atoms with E-state index < -0.39 is 17.5 Å². The summed E-state index contributed by atoms with van der Waals surface area (Å²) in [5.41, 5.74) is -0.505. The van der Waals surface area contributed by atoms with E-state index in [1.54, 1.807) is 20.8 Å². The lowest BCUT2D eigenvalue weighted by Gasteiger charge is -2.19. The standard InChI is InChI=1S/C15H28O8/c1-15(2,3)23-14(17)12-22-10-8-20-6-5-19-7-9-21-11-13(16)18-4/h5-12H2,1-4H3. The maximum atomic E-state index is 11.3. The van der Waals surface area contributed by atoms with Crippen molar-refractivity contribution in [2.45, 2.75) is 26.4 Å². The molecule has 0 rings (SSSR count). The number of carbonyl (C=O) groups excluding carboxylic acids is 2. The summed E-state index contributed by atoms with van der Waals surface area (Å²) in [6, 6.07) is 0. The Balaban J connectivity index is 3.22. The third-order valence-electron chi connectivity index (χ3n) is 2.20. The Bertz CT molecular complexity index is 324. The Morgan fingerprint density at radius 1 is 0.696 bits per heavy atom. The summed E-state index contributed by atoms with van der Waals surface area (Å²) in [5, 5.41) is 0. The van der Waals surface area contributed by atoms with E-state index in [1.807, 2.05) is 0 Å². The molecule has 0 fully saturated rings. The van der Waals surface area contributed by atoms with Gasteiger partial charge in [-0.05, 0) is 20.8 Å². The number of ether oxygens (including phenoxy) is 6. The molecule has 0 N–H and O–H groups in total. The predicted molar refractivity (Wildman–Crippen MR) is 81.1 cm³/mol. The molecule has 8 heteroatoms. The maximum absolute atomic E-state index is 11.3. The van der Waals surface area contributed by atoms with Gasteiger partial charge in [-0.15, -0.1) is 0 Å². The molecule has 136 valence electrons. The highest BCUT2D eigenvalue weighted by Gasteiger charge is 2.15. The van der Waals surface area contributed by atoms with E-state index in [4.69, 9.17) is 23.7 Å². The molecule has 0 aliphatic carbocycles. The van der Waals surface area contributed by atoms with Crippen LogP contribution >= 0.6 is 0 Å². The lowest BCUT2D eigenvalue weighted by Crippen LogP contribution is -2.27. The van der Waals surface area contributed by atoms with E-state index in [-0.39, 0.29) is 13.2 Å². The molecule has 0 atom stereocenters. The smallest absolute Gasteiger partial charge is 0.332 e. The second-order valence-corrected chi connectivity index (χ2v) is 5.49. The summed E-state index contributed by atoms with van der Waals surface area (Å²) in [6.07, 6.45) is 0. The molecule has 23 heavy (non-hydrogen) atoms. The van der Waals surface area contributed by atoms with E-state index in [0.717, 1.165) is 0 Å². The number of carbonyl (C=O) groups is 2. The van der Waals surface area contributed by atoms with E-state index in [1.165, 1.54) is 7.11 Å². The highest BCUT2D eigenvalue weighted by atomic mass is 16.6. The maximum Gasteiger partial charge on any atom is 0.332 e. The summed E-state index contributed by atoms with van der Waals surface area (Å²) in [7, 11) is 1.30. The topological polar surface area (TPSA) is 89.5 Å². The van der Waals surface area contributed by atoms with Crippen LogP contribution in [0.15, 0.2) is 0 Å². The van der Waals surface area contributed by atoms with E-state index in [9.17, 15) is 9.59 Å². The Kier molecular flexibility index (Phi) is 12.5. The van der Waals surface area contributed by atoms with Crippen LogP contribution in [0.3, 0.4) is 0 Å². The second-order valence-electron chi connectivity index (χ2n) is 5.49. The van der Waals surface area contributed by atoms with Crippen molar-refractivity contribution in [3.05, 3.63) is 0 Å². The number of rotatable bonds is 13. The molecule has 0 saturated heterocycles. The first-order valence-corrected chi connectivity index (χ1v) is 7.45. The molecule has 0 aliphatic heterocycles. The van der Waals surface area contributed by atoms with Crippen LogP contribution in [-0.4, -0.2) is 77.5 Å². The van der Waals surface area contributed by atoms with Crippen molar-refractivity contribution in [2.24, 2.45) is 0 Å². The van der Waals surface area contributed by atoms with Crippen LogP contribution in [0.1, 0.15) is 20.8 Å². The molecule has 0 saturated carbocycles. The molecule has 8 nitrogen and oxygen atoms in total. The molecule has 0 aromatic carbocycles. The largest absolute Gasteiger partial charge is 0.467 e. The van der Waals surface area contributed by atoms with E-state index in [0.29, 0.717) is 39.6 Å². The van der Waals surface area contributed by atoms with Crippen LogP contribution in [0.5, 0.6) is 0 Å². The van der Waals surface area contributed by atoms with Gasteiger partial charge in [0.2, 0.25) is 0 Å². The normalized spacial score (nSPS) is 11.3. The fourth-order valence-corrected chi connectivity index (χ4v) is 1.30. The van der Waals surface area contributed by atoms with Crippen molar-refractivity contribution in [1.82, 2.24) is 0 Å². The average Bonchev–Trinajstić information content (AvgIpc) is 2.46. The first-order chi connectivity index (χ1) is 10.8. The van der Waals surface area contributed by atoms with E-state index >= 15 is 0 Å². The first-order valence-electron chi connectivity index (χ1n) is 7.45. The summed E-state index contributed by atoms with van der Waals surface area (Å²) >= 11 is 0. The Morgan fingerprint density at radius 2 is 1.09 bits per heavy atom. The van der Waals surface area contributed by atoms with Gasteiger partial charge in [0.25, 0.3) is 0 Å². The van der Waals surface area contributed by atoms with Gasteiger partial charge in [-0.25, -0.2) is 9.59 Å². The van der Waals surface area contributed by atoms with Crippen LogP contribution in [-0.2, 0) is 38.0 Å². The minimum Gasteiger partial charge on any atom is -0.467 e. The minimum atomic E-state index is -0.505. The fraction of sp³-hybridized carbons (Fsp3) is 0.867. The van der Waals surface area contributed by atoms with Crippen molar-refractivity contribution in [2.75, 3.05) is 60.0 Å². The fourth-order valence-electron chi connectivity index (χ4n) is 1.30. The third kappa shape index (κ3) is 17.0. The van der Waals surface area contributed by atoms with Crippen LogP contribution in [0.4, 0.5) is 0 Å². The van der Waals surface area contributed by atoms with Gasteiger partial charge in [-0.1, -0.05) is 0 Å². The Hall–Kier alpha value is -1.22. The molecule has 0 radical (unpaired) electrons. The van der Waals surface area contributed by atoms with Gasteiger partial charge < -0.3 is 28.4 Å². The zero-order valence-electron chi connectivity index (χ0n) is 14.4. The summed E-state index contributed by atoms with van der Waals surface area (Å²) in [6.45, 7) is 7.41. The van der Waals surface area contributed by atoms with Crippen molar-refractivity contribution in [3.63, 3.8) is 0 Å². The molecule has 0 heterocycles. The summed E-state index contributed by atoms with van der Waals surface area (Å²) in [4.78, 5) is 22.1. The van der Waals surface area contributed by atoms with Gasteiger partial charge in [0, 0.05) is 0 Å². The van der Waals surface area contributed by atoms with Crippen molar-refractivity contribution in [1.29, 1.82) is 0 Å². The summed E-state index contributed by atoms with van der Waals surface area (Å²) < 4.78 is 30.1. The molecular formula is C15H28O8. The highest BCUT2D eigenvalue weighted by Crippen LogP contribution is 2.06. The quantitative estimate of drug-likeness (QED) is 0.356. The Labute approximate surface area is 137 Å². The molecule has 0 aromatic rings. The van der Waals surface area contributed by atoms with Crippen molar-refractivity contribution in [3.8, 4) is 0 Å². The van der Waals surface area contributed by atoms with Crippen LogP contribution < -0.4 is 0 Å². The van der Waals surface area contributed by atoms with Gasteiger partial charge in [0.05, 0.1) is 46.8 Å². The molecule has 0 unspecified atom stereocenters. The zero-order chi connectivity index (χ0) is 17.6. The van der Waals surface area contributed by atoms with Gasteiger partial charge in [-0.3, -0.25) is 0 Å². The van der Waals surface area contributed by atoms with Gasteiger partial charge in [-0.2, -0.15) is 0 Å². The van der Waals surface area contributed by atoms with Gasteiger partial charge in [0.15, 0.2) is 0 Å². The molecule has 0 aliphatic rings. The SMILES string of the molecule is COC(=O)COCCOCCOCCOCC(=O)OC(C)(C)C. The number of hydrogen-bond donors (Lipinski definition) is 0. The van der Waals surface area contributed by atoms with Gasteiger partial charge >= 0.3 is 11.9 Å². The minimum absolute atomic E-state index is 0.0780. The number of hydrogen-bond acceptors (Lipinski definition) is 8. The average molecular weight is 336 g/mol. The third-order valence-corrected chi connectivity index (χ3v) is 2.20. The van der Waals surface area contributed by atoms with Crippen LogP contribution in [0, 0.1) is 0 Å². The molecule has 0 bridgehead atoms. The molecule has 0 amide bonds. The molecular weight excluding hydrogens is 308 g/mol. The Morgan fingerprint density at radius 3 is 1.48 bits per heavy atom. The van der Waals surface area contributed by atoms with E-state index in [2.05, 4.69) is 4.74 Å². The van der Waals surface area contributed by atoms with Gasteiger partial charge in [0.1, 0.15) is 18.8 Å². The summed E-state index contributed by atoms with van der Waals surface area (Å²) in [5.74, 6) is -0.812. The van der Waals surface area contributed by atoms with Crippen molar-refractivity contribution >= 4 is 11.9 Å². The van der Waals surface area contributed by atoms with Crippen molar-refractivity contribution < 1.29 is 38.0 Å². The lowest BCUT2D eigenvalue weighted by molar-refractivity contribution is -0.160. The molecule has 0 aromatic heterocycles. The highest BCUT2D eigenvalue weighted by molar-refractivity contribution is 5.71. The predicted octanol–water partition coefficient (Wildman–Crippen LogP) is 0.568. The first kappa shape index (κ1) is 21.8. The van der Waals surface area contributed by atoms with Crippen LogP contribution in [0.25, 0.3) is 0 Å².